The summed E-state index contributed by atoms with van der Waals surface area (Å²) in [4.78, 5) is 22.7. The van der Waals surface area contributed by atoms with Gasteiger partial charge in [-0.15, -0.1) is 0 Å². The summed E-state index contributed by atoms with van der Waals surface area (Å²) in [6.45, 7) is 3.85. The third kappa shape index (κ3) is 5.52. The molecule has 110 valence electrons. The average molecular weight is 296 g/mol. The van der Waals surface area contributed by atoms with Gasteiger partial charge in [-0.1, -0.05) is 6.92 Å². The third-order valence-corrected chi connectivity index (χ3v) is 4.32. The van der Waals surface area contributed by atoms with Gasteiger partial charge < -0.3 is 10.6 Å². The Bertz CT molecular complexity index is 500. The first-order chi connectivity index (χ1) is 9.40. The Balaban J connectivity index is 2.39. The summed E-state index contributed by atoms with van der Waals surface area (Å²) in [6.07, 6.45) is 2.32. The molecule has 0 aliphatic rings. The van der Waals surface area contributed by atoms with Gasteiger partial charge >= 0.3 is 6.03 Å². The highest BCUT2D eigenvalue weighted by Crippen LogP contribution is 2.09. The lowest BCUT2D eigenvalue weighted by Gasteiger charge is -2.10. The lowest BCUT2D eigenvalue weighted by molar-refractivity contribution is 0.101. The minimum atomic E-state index is -0.874. The highest BCUT2D eigenvalue weighted by molar-refractivity contribution is 7.84. The Morgan fingerprint density at radius 2 is 1.85 bits per heavy atom. The summed E-state index contributed by atoms with van der Waals surface area (Å²) in [6, 6.07) is 6.38. The van der Waals surface area contributed by atoms with E-state index in [9.17, 15) is 13.8 Å². The monoisotopic (exact) mass is 296 g/mol. The molecule has 0 saturated heterocycles. The number of carbonyl (C=O) groups is 2. The molecule has 0 aromatic heterocycles. The summed E-state index contributed by atoms with van der Waals surface area (Å²) in [5.74, 6) is -0.0115. The molecule has 0 fully saturated rings. The molecule has 0 aliphatic carbocycles. The van der Waals surface area contributed by atoms with Crippen molar-refractivity contribution in [3.05, 3.63) is 29.8 Å². The Morgan fingerprint density at radius 1 is 1.25 bits per heavy atom. The zero-order valence-corrected chi connectivity index (χ0v) is 12.8. The zero-order chi connectivity index (χ0) is 15.1. The smallest absolute Gasteiger partial charge is 0.319 e. The number of hydrogen-bond donors (Lipinski definition) is 2. The molecule has 0 saturated carbocycles. The lowest BCUT2D eigenvalue weighted by atomic mass is 10.1. The van der Waals surface area contributed by atoms with Crippen LogP contribution in [-0.2, 0) is 10.8 Å². The molecule has 0 spiro atoms. The van der Waals surface area contributed by atoms with Gasteiger partial charge in [0.15, 0.2) is 5.78 Å². The maximum Gasteiger partial charge on any atom is 0.319 e. The number of Topliss-reactive ketones (excluding diaryl/α,β-unsaturated/α-hetero) is 1. The fraction of sp³-hybridized carbons (Fsp3) is 0.429. The number of carbonyl (C=O) groups excluding carboxylic acids is 2. The SMILES string of the molecule is CC(=O)c1ccc(NC(=O)NCCC(C)S(C)=O)cc1. The molecule has 2 atom stereocenters. The summed E-state index contributed by atoms with van der Waals surface area (Å²) >= 11 is 0. The van der Waals surface area contributed by atoms with Crippen molar-refractivity contribution in [3.8, 4) is 0 Å². The van der Waals surface area contributed by atoms with Crippen molar-refractivity contribution in [1.29, 1.82) is 0 Å². The standard InChI is InChI=1S/C14H20N2O3S/c1-10(20(3)19)8-9-15-14(18)16-13-6-4-12(5-7-13)11(2)17/h4-7,10H,8-9H2,1-3H3,(H2,15,16,18). The van der Waals surface area contributed by atoms with Crippen molar-refractivity contribution in [3.63, 3.8) is 0 Å². The fourth-order valence-electron chi connectivity index (χ4n) is 1.52. The number of anilines is 1. The zero-order valence-electron chi connectivity index (χ0n) is 11.9. The minimum Gasteiger partial charge on any atom is -0.338 e. The van der Waals surface area contributed by atoms with E-state index >= 15 is 0 Å². The maximum absolute atomic E-state index is 11.6. The number of amides is 2. The van der Waals surface area contributed by atoms with E-state index in [1.807, 2.05) is 6.92 Å². The normalized spacial score (nSPS) is 13.3. The molecule has 20 heavy (non-hydrogen) atoms. The second-order valence-corrected chi connectivity index (χ2v) is 6.41. The Labute approximate surface area is 121 Å². The van der Waals surface area contributed by atoms with E-state index in [0.717, 1.165) is 0 Å². The van der Waals surface area contributed by atoms with Gasteiger partial charge in [-0.05, 0) is 37.6 Å². The second kappa shape index (κ2) is 7.79. The van der Waals surface area contributed by atoms with Crippen molar-refractivity contribution in [1.82, 2.24) is 5.32 Å². The maximum atomic E-state index is 11.6. The first-order valence-electron chi connectivity index (χ1n) is 6.38. The van der Waals surface area contributed by atoms with E-state index in [1.54, 1.807) is 30.5 Å². The van der Waals surface area contributed by atoms with Gasteiger partial charge in [0.2, 0.25) is 0 Å². The molecule has 1 aromatic carbocycles. The summed E-state index contributed by atoms with van der Waals surface area (Å²) < 4.78 is 11.2. The molecule has 6 heteroatoms. The predicted molar refractivity (Wildman–Crippen MR) is 81.6 cm³/mol. The van der Waals surface area contributed by atoms with Crippen LogP contribution in [0.15, 0.2) is 24.3 Å². The molecular weight excluding hydrogens is 276 g/mol. The van der Waals surface area contributed by atoms with Gasteiger partial charge in [0.1, 0.15) is 0 Å². The number of nitrogens with one attached hydrogen (secondary N) is 2. The highest BCUT2D eigenvalue weighted by Gasteiger charge is 2.07. The quantitative estimate of drug-likeness (QED) is 0.790. The molecule has 0 heterocycles. The van der Waals surface area contributed by atoms with Crippen molar-refractivity contribution in [2.45, 2.75) is 25.5 Å². The van der Waals surface area contributed by atoms with Gasteiger partial charge in [0.05, 0.1) is 0 Å². The molecule has 2 unspecified atom stereocenters. The van der Waals surface area contributed by atoms with Gasteiger partial charge in [-0.2, -0.15) is 0 Å². The fourth-order valence-corrected chi connectivity index (χ4v) is 1.97. The van der Waals surface area contributed by atoms with Crippen LogP contribution in [-0.4, -0.2) is 34.1 Å². The first kappa shape index (κ1) is 16.4. The van der Waals surface area contributed by atoms with E-state index in [1.165, 1.54) is 6.92 Å². The van der Waals surface area contributed by atoms with Crippen LogP contribution < -0.4 is 10.6 Å². The predicted octanol–water partition coefficient (Wildman–Crippen LogP) is 2.17. The van der Waals surface area contributed by atoms with Crippen LogP contribution in [0.4, 0.5) is 10.5 Å². The molecule has 0 bridgehead atoms. The van der Waals surface area contributed by atoms with Crippen LogP contribution in [0.25, 0.3) is 0 Å². The number of benzene rings is 1. The van der Waals surface area contributed by atoms with Crippen molar-refractivity contribution >= 4 is 28.3 Å². The van der Waals surface area contributed by atoms with E-state index < -0.39 is 10.8 Å². The molecule has 1 rings (SSSR count). The number of urea groups is 1. The van der Waals surface area contributed by atoms with Crippen LogP contribution in [0.2, 0.25) is 0 Å². The van der Waals surface area contributed by atoms with Crippen LogP contribution in [0, 0.1) is 0 Å². The van der Waals surface area contributed by atoms with Crippen LogP contribution >= 0.6 is 0 Å². The Hall–Kier alpha value is -1.69. The number of hydrogen-bond acceptors (Lipinski definition) is 3. The van der Waals surface area contributed by atoms with Crippen molar-refractivity contribution in [2.75, 3.05) is 18.1 Å². The van der Waals surface area contributed by atoms with Crippen molar-refractivity contribution in [2.24, 2.45) is 0 Å². The van der Waals surface area contributed by atoms with E-state index in [-0.39, 0.29) is 17.1 Å². The summed E-state index contributed by atoms with van der Waals surface area (Å²) in [5.41, 5.74) is 1.23. The van der Waals surface area contributed by atoms with Crippen LogP contribution in [0.5, 0.6) is 0 Å². The minimum absolute atomic E-state index is 0.0115. The lowest BCUT2D eigenvalue weighted by Crippen LogP contribution is -2.31. The topological polar surface area (TPSA) is 75.3 Å². The largest absolute Gasteiger partial charge is 0.338 e. The van der Waals surface area contributed by atoms with Gasteiger partial charge in [0.25, 0.3) is 0 Å². The molecule has 2 amide bonds. The highest BCUT2D eigenvalue weighted by atomic mass is 32.2. The summed E-state index contributed by atoms with van der Waals surface area (Å²) in [5, 5.41) is 5.44. The van der Waals surface area contributed by atoms with E-state index in [4.69, 9.17) is 0 Å². The first-order valence-corrected chi connectivity index (χ1v) is 8.00. The van der Waals surface area contributed by atoms with Crippen molar-refractivity contribution < 1.29 is 13.8 Å². The van der Waals surface area contributed by atoms with E-state index in [0.29, 0.717) is 24.2 Å². The van der Waals surface area contributed by atoms with Gasteiger partial charge in [-0.3, -0.25) is 9.00 Å². The van der Waals surface area contributed by atoms with Gasteiger partial charge in [-0.25, -0.2) is 4.79 Å². The third-order valence-electron chi connectivity index (χ3n) is 2.95. The second-order valence-electron chi connectivity index (χ2n) is 4.61. The van der Waals surface area contributed by atoms with Crippen LogP contribution in [0.1, 0.15) is 30.6 Å². The van der Waals surface area contributed by atoms with E-state index in [2.05, 4.69) is 10.6 Å². The number of ketones is 1. The number of rotatable bonds is 6. The average Bonchev–Trinajstić information content (AvgIpc) is 2.39. The molecule has 5 nitrogen and oxygen atoms in total. The molecule has 0 aliphatic heterocycles. The molecule has 0 radical (unpaired) electrons. The van der Waals surface area contributed by atoms with Crippen LogP contribution in [0.3, 0.4) is 0 Å². The molecule has 2 N–H and O–H groups in total. The molecule has 1 aromatic rings. The van der Waals surface area contributed by atoms with Gasteiger partial charge in [0, 0.05) is 40.1 Å². The Morgan fingerprint density at radius 3 is 2.35 bits per heavy atom. The Kier molecular flexibility index (Phi) is 6.38. The molecular formula is C14H20N2O3S. The summed E-state index contributed by atoms with van der Waals surface area (Å²) in [7, 11) is -0.874.